The lowest BCUT2D eigenvalue weighted by molar-refractivity contribution is -0.385. The third kappa shape index (κ3) is 4.62. The lowest BCUT2D eigenvalue weighted by Crippen LogP contribution is -2.41. The molecule has 0 atom stereocenters. The lowest BCUT2D eigenvalue weighted by atomic mass is 9.98. The summed E-state index contributed by atoms with van der Waals surface area (Å²) in [6.45, 7) is 2.71. The number of non-ortho nitro benzene ring substituents is 1. The van der Waals surface area contributed by atoms with Crippen LogP contribution in [0.15, 0.2) is 35.5 Å². The molecule has 0 saturated carbocycles. The van der Waals surface area contributed by atoms with Crippen LogP contribution in [0.5, 0.6) is 0 Å². The molecule has 1 fully saturated rings. The highest BCUT2D eigenvalue weighted by atomic mass is 32.2. The number of hydrogen-bond acceptors (Lipinski definition) is 6. The van der Waals surface area contributed by atoms with E-state index in [2.05, 4.69) is 10.4 Å². The molecule has 156 valence electrons. The van der Waals surface area contributed by atoms with E-state index in [1.165, 1.54) is 28.7 Å². The zero-order valence-corrected chi connectivity index (χ0v) is 17.1. The Hall–Kier alpha value is -2.79. The molecule has 0 radical (unpaired) electrons. The smallest absolute Gasteiger partial charge is 0.269 e. The highest BCUT2D eigenvalue weighted by Crippen LogP contribution is 2.27. The Morgan fingerprint density at radius 1 is 1.34 bits per heavy atom. The summed E-state index contributed by atoms with van der Waals surface area (Å²) < 4.78 is 28.8. The monoisotopic (exact) mass is 421 g/mol. The van der Waals surface area contributed by atoms with Gasteiger partial charge in [-0.2, -0.15) is 9.40 Å². The minimum absolute atomic E-state index is 0.0893. The van der Waals surface area contributed by atoms with E-state index >= 15 is 0 Å². The average molecular weight is 421 g/mol. The third-order valence-electron chi connectivity index (χ3n) is 5.08. The van der Waals surface area contributed by atoms with Gasteiger partial charge in [-0.25, -0.2) is 8.42 Å². The minimum Gasteiger partial charge on any atom is -0.352 e. The molecule has 1 N–H and O–H groups in total. The summed E-state index contributed by atoms with van der Waals surface area (Å²) in [7, 11) is -1.98. The number of sulfonamides is 1. The second-order valence-corrected chi connectivity index (χ2v) is 9.07. The maximum atomic E-state index is 12.9. The number of carbonyl (C=O) groups is 1. The summed E-state index contributed by atoms with van der Waals surface area (Å²) in [4.78, 5) is 22.5. The summed E-state index contributed by atoms with van der Waals surface area (Å²) in [5.41, 5.74) is 0.704. The summed E-state index contributed by atoms with van der Waals surface area (Å²) in [5, 5.41) is 17.7. The topological polar surface area (TPSA) is 127 Å². The van der Waals surface area contributed by atoms with Crippen molar-refractivity contribution in [1.29, 1.82) is 0 Å². The van der Waals surface area contributed by atoms with Crippen molar-refractivity contribution in [2.45, 2.75) is 24.7 Å². The van der Waals surface area contributed by atoms with Gasteiger partial charge in [0.25, 0.3) is 11.6 Å². The lowest BCUT2D eigenvalue weighted by Gasteiger charge is -2.31. The first-order valence-corrected chi connectivity index (χ1v) is 10.6. The largest absolute Gasteiger partial charge is 0.352 e. The Morgan fingerprint density at radius 2 is 2.03 bits per heavy atom. The molecular weight excluding hydrogens is 398 g/mol. The Morgan fingerprint density at radius 3 is 2.59 bits per heavy atom. The zero-order valence-electron chi connectivity index (χ0n) is 16.2. The number of carbonyl (C=O) groups excluding carboxylic acids is 1. The van der Waals surface area contributed by atoms with E-state index in [9.17, 15) is 23.3 Å². The standard InChI is InChI=1S/C18H23N5O5S/c1-13-9-16(23(25)26)3-4-17(13)29(27,28)22-7-5-14(6-8-22)10-19-18(24)15-11-20-21(2)12-15/h3-4,9,11-12,14H,5-8,10H2,1-2H3,(H,19,24). The van der Waals surface area contributed by atoms with Crippen molar-refractivity contribution in [1.82, 2.24) is 19.4 Å². The highest BCUT2D eigenvalue weighted by Gasteiger charge is 2.31. The molecule has 1 aromatic carbocycles. The van der Waals surface area contributed by atoms with Crippen LogP contribution in [0.25, 0.3) is 0 Å². The highest BCUT2D eigenvalue weighted by molar-refractivity contribution is 7.89. The van der Waals surface area contributed by atoms with Crippen LogP contribution in [0.3, 0.4) is 0 Å². The van der Waals surface area contributed by atoms with Gasteiger partial charge in [0.15, 0.2) is 0 Å². The van der Waals surface area contributed by atoms with E-state index in [1.807, 2.05) is 0 Å². The van der Waals surface area contributed by atoms with Crippen LogP contribution < -0.4 is 5.32 Å². The van der Waals surface area contributed by atoms with Crippen LogP contribution in [-0.4, -0.2) is 53.0 Å². The van der Waals surface area contributed by atoms with Crippen molar-refractivity contribution < 1.29 is 18.1 Å². The van der Waals surface area contributed by atoms with Gasteiger partial charge >= 0.3 is 0 Å². The molecule has 1 amide bonds. The normalized spacial score (nSPS) is 15.9. The maximum absolute atomic E-state index is 12.9. The van der Waals surface area contributed by atoms with Gasteiger partial charge in [0.05, 0.1) is 21.6 Å². The summed E-state index contributed by atoms with van der Waals surface area (Å²) in [5.74, 6) is -0.0188. The van der Waals surface area contributed by atoms with Crippen LogP contribution >= 0.6 is 0 Å². The molecule has 0 spiro atoms. The molecule has 1 aliphatic rings. The van der Waals surface area contributed by atoms with E-state index in [0.29, 0.717) is 43.6 Å². The molecule has 29 heavy (non-hydrogen) atoms. The van der Waals surface area contributed by atoms with Crippen molar-refractivity contribution >= 4 is 21.6 Å². The van der Waals surface area contributed by atoms with Crippen molar-refractivity contribution in [3.05, 3.63) is 51.8 Å². The second-order valence-electron chi connectivity index (χ2n) is 7.17. The van der Waals surface area contributed by atoms with Crippen molar-refractivity contribution in [3.8, 4) is 0 Å². The number of benzene rings is 1. The van der Waals surface area contributed by atoms with Crippen LogP contribution in [0, 0.1) is 23.0 Å². The predicted octanol–water partition coefficient (Wildman–Crippen LogP) is 1.47. The third-order valence-corrected chi connectivity index (χ3v) is 7.14. The SMILES string of the molecule is Cc1cc([N+](=O)[O-])ccc1S(=O)(=O)N1CCC(CNC(=O)c2cnn(C)c2)CC1. The Balaban J connectivity index is 1.58. The molecule has 10 nitrogen and oxygen atoms in total. The first kappa shape index (κ1) is 20.9. The van der Waals surface area contributed by atoms with E-state index in [-0.39, 0.29) is 22.4 Å². The fraction of sp³-hybridized carbons (Fsp3) is 0.444. The number of amides is 1. The number of piperidine rings is 1. The van der Waals surface area contributed by atoms with Gasteiger partial charge in [-0.3, -0.25) is 19.6 Å². The second kappa shape index (κ2) is 8.29. The van der Waals surface area contributed by atoms with Crippen LogP contribution in [0.4, 0.5) is 5.69 Å². The van der Waals surface area contributed by atoms with E-state index in [1.54, 1.807) is 24.9 Å². The van der Waals surface area contributed by atoms with E-state index < -0.39 is 14.9 Å². The van der Waals surface area contributed by atoms with E-state index in [4.69, 9.17) is 0 Å². The zero-order chi connectivity index (χ0) is 21.2. The van der Waals surface area contributed by atoms with E-state index in [0.717, 1.165) is 0 Å². The molecule has 1 aliphatic heterocycles. The number of rotatable bonds is 6. The molecule has 2 aromatic rings. The first-order chi connectivity index (χ1) is 13.7. The summed E-state index contributed by atoms with van der Waals surface area (Å²) in [6, 6.07) is 3.78. The van der Waals surface area contributed by atoms with Crippen molar-refractivity contribution in [3.63, 3.8) is 0 Å². The van der Waals surface area contributed by atoms with Gasteiger partial charge in [0.1, 0.15) is 0 Å². The Labute approximate surface area is 168 Å². The summed E-state index contributed by atoms with van der Waals surface area (Å²) >= 11 is 0. The fourth-order valence-electron chi connectivity index (χ4n) is 3.41. The first-order valence-electron chi connectivity index (χ1n) is 9.20. The Bertz CT molecular complexity index is 1030. The van der Waals surface area contributed by atoms with Gasteiger partial charge in [-0.15, -0.1) is 0 Å². The number of nitrogens with one attached hydrogen (secondary N) is 1. The molecule has 0 bridgehead atoms. The number of nitrogens with zero attached hydrogens (tertiary/aromatic N) is 4. The molecule has 2 heterocycles. The van der Waals surface area contributed by atoms with Crippen molar-refractivity contribution in [2.24, 2.45) is 13.0 Å². The quantitative estimate of drug-likeness (QED) is 0.556. The molecule has 11 heteroatoms. The van der Waals surface area contributed by atoms with Crippen LogP contribution in [-0.2, 0) is 17.1 Å². The van der Waals surface area contributed by atoms with Gasteiger partial charge in [0.2, 0.25) is 10.0 Å². The number of hydrogen-bond donors (Lipinski definition) is 1. The maximum Gasteiger partial charge on any atom is 0.269 e. The van der Waals surface area contributed by atoms with Crippen molar-refractivity contribution in [2.75, 3.05) is 19.6 Å². The van der Waals surface area contributed by atoms with Crippen LogP contribution in [0.2, 0.25) is 0 Å². The number of nitro benzene ring substituents is 1. The molecular formula is C18H23N5O5S. The fourth-order valence-corrected chi connectivity index (χ4v) is 5.08. The summed E-state index contributed by atoms with van der Waals surface area (Å²) in [6.07, 6.45) is 4.38. The molecule has 3 rings (SSSR count). The molecule has 1 aromatic heterocycles. The van der Waals surface area contributed by atoms with Crippen LogP contribution in [0.1, 0.15) is 28.8 Å². The van der Waals surface area contributed by atoms with Gasteiger partial charge in [-0.1, -0.05) is 0 Å². The molecule has 0 unspecified atom stereocenters. The number of nitro groups is 1. The number of aryl methyl sites for hydroxylation is 2. The average Bonchev–Trinajstić information content (AvgIpc) is 3.12. The predicted molar refractivity (Wildman–Crippen MR) is 105 cm³/mol. The molecule has 1 saturated heterocycles. The van der Waals surface area contributed by atoms with Gasteiger partial charge < -0.3 is 5.32 Å². The minimum atomic E-state index is -3.72. The van der Waals surface area contributed by atoms with Gasteiger partial charge in [-0.05, 0) is 37.3 Å². The van der Waals surface area contributed by atoms with Gasteiger partial charge in [0, 0.05) is 45.0 Å². The number of aromatic nitrogens is 2. The Kier molecular flexibility index (Phi) is 5.99. The molecule has 0 aliphatic carbocycles.